The minimum atomic E-state index is -0.000919. The van der Waals surface area contributed by atoms with Crippen LogP contribution in [0.5, 0.6) is 11.5 Å². The molecule has 0 bridgehead atoms. The second-order valence-electron chi connectivity index (χ2n) is 6.68. The highest BCUT2D eigenvalue weighted by Crippen LogP contribution is 2.30. The van der Waals surface area contributed by atoms with Gasteiger partial charge in [0, 0.05) is 16.8 Å². The van der Waals surface area contributed by atoms with E-state index in [0.717, 1.165) is 27.5 Å². The molecular weight excluding hydrogens is 398 g/mol. The van der Waals surface area contributed by atoms with Gasteiger partial charge in [-0.2, -0.15) is 5.10 Å². The second-order valence-corrected chi connectivity index (χ2v) is 7.67. The van der Waals surface area contributed by atoms with E-state index in [1.54, 1.807) is 36.9 Å². The number of carbonyl (C=O) groups excluding carboxylic acids is 1. The first-order valence-corrected chi connectivity index (χ1v) is 10.4. The normalized spacial score (nSPS) is 10.9. The summed E-state index contributed by atoms with van der Waals surface area (Å²) in [6, 6.07) is 17.2. The maximum atomic E-state index is 12.8. The Morgan fingerprint density at radius 2 is 1.80 bits per heavy atom. The molecule has 0 atom stereocenters. The van der Waals surface area contributed by atoms with Crippen LogP contribution in [0.15, 0.2) is 65.8 Å². The van der Waals surface area contributed by atoms with Crippen LogP contribution in [0.3, 0.4) is 0 Å². The van der Waals surface area contributed by atoms with Gasteiger partial charge < -0.3 is 9.47 Å². The van der Waals surface area contributed by atoms with Gasteiger partial charge in [-0.15, -0.1) is 0 Å². The number of rotatable bonds is 7. The number of aromatic nitrogens is 3. The first-order chi connectivity index (χ1) is 14.6. The Hall–Kier alpha value is -3.32. The van der Waals surface area contributed by atoms with Gasteiger partial charge in [-0.05, 0) is 36.8 Å². The summed E-state index contributed by atoms with van der Waals surface area (Å²) in [4.78, 5) is 17.4. The number of fused-ring (bicyclic) bond motifs is 1. The van der Waals surface area contributed by atoms with Crippen LogP contribution in [0, 0.1) is 6.92 Å². The van der Waals surface area contributed by atoms with E-state index in [0.29, 0.717) is 17.1 Å². The smallest absolute Gasteiger partial charge is 0.173 e. The number of ether oxygens (including phenoxy) is 2. The largest absolute Gasteiger partial charge is 0.493 e. The molecule has 0 radical (unpaired) electrons. The Morgan fingerprint density at radius 1 is 1.03 bits per heavy atom. The van der Waals surface area contributed by atoms with Crippen molar-refractivity contribution < 1.29 is 14.3 Å². The second kappa shape index (κ2) is 8.59. The monoisotopic (exact) mass is 419 g/mol. The summed E-state index contributed by atoms with van der Waals surface area (Å²) < 4.78 is 12.3. The van der Waals surface area contributed by atoms with Gasteiger partial charge >= 0.3 is 0 Å². The Morgan fingerprint density at radius 3 is 2.53 bits per heavy atom. The number of hydrogen-bond donors (Lipinski definition) is 0. The number of thioether (sulfide) groups is 1. The van der Waals surface area contributed by atoms with Crippen LogP contribution in [0.4, 0.5) is 0 Å². The van der Waals surface area contributed by atoms with Crippen LogP contribution in [-0.2, 0) is 0 Å². The molecule has 6 nitrogen and oxygen atoms in total. The summed E-state index contributed by atoms with van der Waals surface area (Å²) in [5, 5.41) is 5.39. The van der Waals surface area contributed by atoms with Gasteiger partial charge in [0.2, 0.25) is 0 Å². The molecule has 4 rings (SSSR count). The molecule has 0 aliphatic heterocycles. The van der Waals surface area contributed by atoms with Crippen LogP contribution in [-0.4, -0.2) is 40.4 Å². The lowest BCUT2D eigenvalue weighted by atomic mass is 10.1. The highest BCUT2D eigenvalue weighted by atomic mass is 32.2. The molecule has 0 N–H and O–H groups in total. The molecule has 0 fully saturated rings. The van der Waals surface area contributed by atoms with Crippen LogP contribution in [0.25, 0.3) is 16.8 Å². The minimum absolute atomic E-state index is 0.000919. The molecule has 2 aromatic carbocycles. The molecular formula is C23H21N3O3S. The molecule has 30 heavy (non-hydrogen) atoms. The molecule has 0 unspecified atom stereocenters. The predicted octanol–water partition coefficient (Wildman–Crippen LogP) is 4.70. The Bertz CT molecular complexity index is 1210. The van der Waals surface area contributed by atoms with E-state index < -0.39 is 0 Å². The van der Waals surface area contributed by atoms with Gasteiger partial charge in [0.1, 0.15) is 5.03 Å². The van der Waals surface area contributed by atoms with Crippen molar-refractivity contribution in [3.05, 3.63) is 72.1 Å². The van der Waals surface area contributed by atoms with Gasteiger partial charge in [-0.1, -0.05) is 42.1 Å². The predicted molar refractivity (Wildman–Crippen MR) is 118 cm³/mol. The van der Waals surface area contributed by atoms with Crippen LogP contribution < -0.4 is 9.47 Å². The molecule has 0 saturated carbocycles. The van der Waals surface area contributed by atoms with Crippen LogP contribution >= 0.6 is 11.8 Å². The van der Waals surface area contributed by atoms with Gasteiger partial charge in [0.25, 0.3) is 0 Å². The van der Waals surface area contributed by atoms with Crippen molar-refractivity contribution in [1.29, 1.82) is 0 Å². The van der Waals surface area contributed by atoms with Gasteiger partial charge in [-0.3, -0.25) is 4.79 Å². The van der Waals surface area contributed by atoms with E-state index >= 15 is 0 Å². The molecule has 0 aliphatic carbocycles. The van der Waals surface area contributed by atoms with Gasteiger partial charge in [0.05, 0.1) is 26.2 Å². The maximum absolute atomic E-state index is 12.8. The zero-order valence-corrected chi connectivity index (χ0v) is 17.8. The van der Waals surface area contributed by atoms with Crippen molar-refractivity contribution in [2.24, 2.45) is 0 Å². The first-order valence-electron chi connectivity index (χ1n) is 9.39. The molecule has 0 spiro atoms. The van der Waals surface area contributed by atoms with E-state index in [1.807, 2.05) is 49.5 Å². The van der Waals surface area contributed by atoms with Gasteiger partial charge in [-0.25, -0.2) is 9.50 Å². The quantitative estimate of drug-likeness (QED) is 0.246. The zero-order chi connectivity index (χ0) is 21.1. The van der Waals surface area contributed by atoms with Crippen molar-refractivity contribution >= 4 is 23.2 Å². The van der Waals surface area contributed by atoms with Crippen LogP contribution in [0.1, 0.15) is 16.1 Å². The fourth-order valence-electron chi connectivity index (χ4n) is 3.21. The maximum Gasteiger partial charge on any atom is 0.173 e. The fraction of sp³-hybridized carbons (Fsp3) is 0.174. The van der Waals surface area contributed by atoms with Crippen molar-refractivity contribution in [1.82, 2.24) is 14.6 Å². The molecule has 152 valence electrons. The number of hydrogen-bond acceptors (Lipinski definition) is 6. The first kappa shape index (κ1) is 20.0. The molecule has 0 aliphatic rings. The summed E-state index contributed by atoms with van der Waals surface area (Å²) in [7, 11) is 3.12. The molecule has 7 heteroatoms. The van der Waals surface area contributed by atoms with Crippen molar-refractivity contribution in [3.8, 4) is 22.6 Å². The SMILES string of the molecule is COc1ccc(C(=O)CSc2cc(C)nc3c(-c4ccccc4)cnn23)cc1OC. The fourth-order valence-corrected chi connectivity index (χ4v) is 4.16. The zero-order valence-electron chi connectivity index (χ0n) is 17.0. The van der Waals surface area contributed by atoms with Crippen LogP contribution in [0.2, 0.25) is 0 Å². The van der Waals surface area contributed by atoms with E-state index in [4.69, 9.17) is 9.47 Å². The summed E-state index contributed by atoms with van der Waals surface area (Å²) in [5.41, 5.74) is 4.26. The average Bonchev–Trinajstić information content (AvgIpc) is 3.21. The summed E-state index contributed by atoms with van der Waals surface area (Å²) >= 11 is 1.44. The highest BCUT2D eigenvalue weighted by Gasteiger charge is 2.15. The lowest BCUT2D eigenvalue weighted by Gasteiger charge is -2.09. The molecule has 0 amide bonds. The Labute approximate surface area is 178 Å². The number of nitrogens with zero attached hydrogens (tertiary/aromatic N) is 3. The minimum Gasteiger partial charge on any atom is -0.493 e. The molecule has 4 aromatic rings. The number of carbonyl (C=O) groups is 1. The number of benzene rings is 2. The Kier molecular flexibility index (Phi) is 5.72. The highest BCUT2D eigenvalue weighted by molar-refractivity contribution is 7.99. The van der Waals surface area contributed by atoms with Crippen molar-refractivity contribution in [2.75, 3.05) is 20.0 Å². The third-order valence-corrected chi connectivity index (χ3v) is 5.70. The van der Waals surface area contributed by atoms with E-state index in [-0.39, 0.29) is 11.5 Å². The van der Waals surface area contributed by atoms with E-state index in [2.05, 4.69) is 10.1 Å². The summed E-state index contributed by atoms with van der Waals surface area (Å²) in [6.45, 7) is 1.95. The number of aryl methyl sites for hydroxylation is 1. The van der Waals surface area contributed by atoms with Gasteiger partial charge in [0.15, 0.2) is 22.9 Å². The standard InChI is InChI=1S/C23H21N3O3S/c1-15-11-22(26-23(25-15)18(13-24-26)16-7-5-4-6-8-16)30-14-19(27)17-9-10-20(28-2)21(12-17)29-3/h4-13H,14H2,1-3H3. The van der Waals surface area contributed by atoms with E-state index in [1.165, 1.54) is 11.8 Å². The average molecular weight is 420 g/mol. The number of ketones is 1. The van der Waals surface area contributed by atoms with Crippen molar-refractivity contribution in [3.63, 3.8) is 0 Å². The summed E-state index contributed by atoms with van der Waals surface area (Å²) in [6.07, 6.45) is 1.82. The number of methoxy groups -OCH3 is 2. The van der Waals surface area contributed by atoms with E-state index in [9.17, 15) is 4.79 Å². The molecule has 0 saturated heterocycles. The third kappa shape index (κ3) is 3.89. The molecule has 2 heterocycles. The number of Topliss-reactive ketones (excluding diaryl/α,β-unsaturated/α-hetero) is 1. The van der Waals surface area contributed by atoms with Crippen molar-refractivity contribution in [2.45, 2.75) is 11.9 Å². The lowest BCUT2D eigenvalue weighted by molar-refractivity contribution is 0.102. The molecule has 2 aromatic heterocycles. The third-order valence-electron chi connectivity index (χ3n) is 4.71. The lowest BCUT2D eigenvalue weighted by Crippen LogP contribution is -2.05. The topological polar surface area (TPSA) is 65.7 Å². The Balaban J connectivity index is 1.60. The summed E-state index contributed by atoms with van der Waals surface area (Å²) in [5.74, 6) is 1.40.